The normalized spacial score (nSPS) is 13.4. The van der Waals surface area contributed by atoms with Crippen molar-refractivity contribution < 1.29 is 14.3 Å². The minimum absolute atomic E-state index is 0.216. The zero-order valence-electron chi connectivity index (χ0n) is 18.4. The van der Waals surface area contributed by atoms with Crippen LogP contribution < -0.4 is 25.6 Å². The van der Waals surface area contributed by atoms with Crippen LogP contribution in [0.25, 0.3) is 0 Å². The number of nitrogens with zero attached hydrogens (tertiary/aromatic N) is 3. The van der Waals surface area contributed by atoms with E-state index < -0.39 is 0 Å². The number of hydrogen-bond acceptors (Lipinski definition) is 8. The zero-order chi connectivity index (χ0) is 23.2. The van der Waals surface area contributed by atoms with Gasteiger partial charge in [-0.3, -0.25) is 4.79 Å². The highest BCUT2D eigenvalue weighted by molar-refractivity contribution is 6.33. The maximum absolute atomic E-state index is 12.2. The van der Waals surface area contributed by atoms with Gasteiger partial charge >= 0.3 is 0 Å². The van der Waals surface area contributed by atoms with Gasteiger partial charge in [0.25, 0.3) is 5.91 Å². The minimum atomic E-state index is -0.216. The van der Waals surface area contributed by atoms with Crippen molar-refractivity contribution in [3.63, 3.8) is 0 Å². The number of ether oxygens (including phenoxy) is 2. The number of anilines is 5. The lowest BCUT2D eigenvalue weighted by atomic mass is 10.1. The molecule has 1 saturated heterocycles. The zero-order valence-corrected chi connectivity index (χ0v) is 19.1. The fourth-order valence-corrected chi connectivity index (χ4v) is 3.64. The third-order valence-electron chi connectivity index (χ3n) is 5.20. The maximum Gasteiger partial charge on any atom is 0.253 e. The van der Waals surface area contributed by atoms with Gasteiger partial charge in [0.1, 0.15) is 10.8 Å². The molecule has 2 aromatic carbocycles. The summed E-state index contributed by atoms with van der Waals surface area (Å²) in [6.45, 7) is 3.04. The fourth-order valence-electron chi connectivity index (χ4n) is 3.50. The number of carbonyl (C=O) groups excluding carboxylic acids is 1. The van der Waals surface area contributed by atoms with Gasteiger partial charge in [-0.1, -0.05) is 23.7 Å². The quantitative estimate of drug-likeness (QED) is 0.481. The highest BCUT2D eigenvalue weighted by Gasteiger charge is 2.16. The highest BCUT2D eigenvalue weighted by Crippen LogP contribution is 2.33. The van der Waals surface area contributed by atoms with Crippen LogP contribution in [0.15, 0.2) is 48.7 Å². The molecule has 10 heteroatoms. The Morgan fingerprint density at radius 2 is 1.91 bits per heavy atom. The smallest absolute Gasteiger partial charge is 0.253 e. The number of methoxy groups -OCH3 is 1. The Kier molecular flexibility index (Phi) is 7.11. The molecule has 1 aliphatic rings. The van der Waals surface area contributed by atoms with E-state index in [0.717, 1.165) is 24.5 Å². The van der Waals surface area contributed by atoms with Crippen molar-refractivity contribution in [1.29, 1.82) is 0 Å². The molecule has 0 aliphatic carbocycles. The second kappa shape index (κ2) is 10.4. The Hall–Kier alpha value is -3.56. The first-order chi connectivity index (χ1) is 16.1. The summed E-state index contributed by atoms with van der Waals surface area (Å²) in [5.74, 6) is 1.14. The van der Waals surface area contributed by atoms with Crippen molar-refractivity contribution >= 4 is 46.3 Å². The van der Waals surface area contributed by atoms with E-state index in [1.54, 1.807) is 32.4 Å². The van der Waals surface area contributed by atoms with Crippen LogP contribution in [0.3, 0.4) is 0 Å². The molecule has 0 unspecified atom stereocenters. The number of amides is 1. The summed E-state index contributed by atoms with van der Waals surface area (Å²) >= 11 is 6.34. The average Bonchev–Trinajstić information content (AvgIpc) is 2.86. The Morgan fingerprint density at radius 3 is 2.67 bits per heavy atom. The Bertz CT molecular complexity index is 1140. The third kappa shape index (κ3) is 5.27. The third-order valence-corrected chi connectivity index (χ3v) is 5.48. The predicted molar refractivity (Wildman–Crippen MR) is 129 cm³/mol. The van der Waals surface area contributed by atoms with Crippen LogP contribution in [0.5, 0.6) is 5.75 Å². The van der Waals surface area contributed by atoms with E-state index in [-0.39, 0.29) is 5.91 Å². The maximum atomic E-state index is 12.2. The second-order valence-corrected chi connectivity index (χ2v) is 7.66. The van der Waals surface area contributed by atoms with E-state index in [2.05, 4.69) is 30.8 Å². The Labute approximate surface area is 197 Å². The van der Waals surface area contributed by atoms with Gasteiger partial charge in [-0.2, -0.15) is 4.98 Å². The summed E-state index contributed by atoms with van der Waals surface area (Å²) in [7, 11) is 3.19. The molecule has 1 amide bonds. The second-order valence-electron chi connectivity index (χ2n) is 7.25. The van der Waals surface area contributed by atoms with Crippen LogP contribution in [0.2, 0.25) is 5.02 Å². The summed E-state index contributed by atoms with van der Waals surface area (Å²) in [5, 5.41) is 9.31. The summed E-state index contributed by atoms with van der Waals surface area (Å²) in [6, 6.07) is 13.0. The van der Waals surface area contributed by atoms with E-state index >= 15 is 0 Å². The van der Waals surface area contributed by atoms with E-state index in [1.165, 1.54) is 6.20 Å². The average molecular weight is 469 g/mol. The van der Waals surface area contributed by atoms with Gasteiger partial charge in [-0.05, 0) is 30.3 Å². The van der Waals surface area contributed by atoms with Gasteiger partial charge in [0.2, 0.25) is 5.95 Å². The van der Waals surface area contributed by atoms with E-state index in [4.69, 9.17) is 21.1 Å². The Balaban J connectivity index is 1.60. The van der Waals surface area contributed by atoms with Gasteiger partial charge in [-0.15, -0.1) is 0 Å². The van der Waals surface area contributed by atoms with Crippen molar-refractivity contribution in [1.82, 2.24) is 15.3 Å². The molecule has 0 bridgehead atoms. The van der Waals surface area contributed by atoms with Gasteiger partial charge in [0.15, 0.2) is 5.82 Å². The van der Waals surface area contributed by atoms with Crippen molar-refractivity contribution in [2.24, 2.45) is 0 Å². The first-order valence-electron chi connectivity index (χ1n) is 10.5. The van der Waals surface area contributed by atoms with Crippen LogP contribution in [0.1, 0.15) is 10.4 Å². The number of aromatic nitrogens is 2. The molecule has 2 heterocycles. The van der Waals surface area contributed by atoms with Gasteiger partial charge in [0.05, 0.1) is 43.5 Å². The first kappa shape index (κ1) is 22.6. The molecule has 0 radical (unpaired) electrons. The summed E-state index contributed by atoms with van der Waals surface area (Å²) in [6.07, 6.45) is 1.50. The molecule has 0 atom stereocenters. The standard InChI is InChI=1S/C23H25ClN6O3/c1-25-22(31)16-5-3-4-6-18(16)27-21-17(24)14-26-23(29-21)28-19-13-15(7-8-20(19)32-2)30-9-11-33-12-10-30/h3-8,13-14H,9-12H2,1-2H3,(H,25,31)(H2,26,27,28,29). The predicted octanol–water partition coefficient (Wildman–Crippen LogP) is 3.82. The van der Waals surface area contributed by atoms with Crippen LogP contribution in [-0.4, -0.2) is 56.3 Å². The molecule has 3 N–H and O–H groups in total. The molecular weight excluding hydrogens is 444 g/mol. The first-order valence-corrected chi connectivity index (χ1v) is 10.8. The highest BCUT2D eigenvalue weighted by atomic mass is 35.5. The van der Waals surface area contributed by atoms with Crippen molar-refractivity contribution in [3.05, 3.63) is 59.2 Å². The van der Waals surface area contributed by atoms with E-state index in [9.17, 15) is 4.79 Å². The molecule has 1 aliphatic heterocycles. The molecule has 9 nitrogen and oxygen atoms in total. The fraction of sp³-hybridized carbons (Fsp3) is 0.261. The number of hydrogen-bond donors (Lipinski definition) is 3. The van der Waals surface area contributed by atoms with Crippen LogP contribution in [0.4, 0.5) is 28.8 Å². The number of carbonyl (C=O) groups is 1. The summed E-state index contributed by atoms with van der Waals surface area (Å²) in [5.41, 5.74) is 2.83. The van der Waals surface area contributed by atoms with Crippen molar-refractivity contribution in [2.75, 3.05) is 56.0 Å². The van der Waals surface area contributed by atoms with Crippen molar-refractivity contribution in [2.45, 2.75) is 0 Å². The van der Waals surface area contributed by atoms with Gasteiger partial charge < -0.3 is 30.3 Å². The van der Waals surface area contributed by atoms with Crippen LogP contribution in [0, 0.1) is 0 Å². The van der Waals surface area contributed by atoms with Crippen molar-refractivity contribution in [3.8, 4) is 5.75 Å². The number of morpholine rings is 1. The molecule has 0 saturated carbocycles. The lowest BCUT2D eigenvalue weighted by Gasteiger charge is -2.29. The Morgan fingerprint density at radius 1 is 1.12 bits per heavy atom. The molecule has 0 spiro atoms. The van der Waals surface area contributed by atoms with E-state index in [0.29, 0.717) is 47.0 Å². The van der Waals surface area contributed by atoms with Crippen LogP contribution >= 0.6 is 11.6 Å². The summed E-state index contributed by atoms with van der Waals surface area (Å²) in [4.78, 5) is 23.3. The lowest BCUT2D eigenvalue weighted by Crippen LogP contribution is -2.36. The minimum Gasteiger partial charge on any atom is -0.495 e. The SMILES string of the molecule is CNC(=O)c1ccccc1Nc1nc(Nc2cc(N3CCOCC3)ccc2OC)ncc1Cl. The molecular formula is C23H25ClN6O3. The number of halogens is 1. The number of rotatable bonds is 7. The molecule has 1 fully saturated rings. The lowest BCUT2D eigenvalue weighted by molar-refractivity contribution is 0.0964. The molecule has 172 valence electrons. The monoisotopic (exact) mass is 468 g/mol. The number of benzene rings is 2. The molecule has 33 heavy (non-hydrogen) atoms. The molecule has 1 aromatic heterocycles. The number of nitrogens with one attached hydrogen (secondary N) is 3. The molecule has 3 aromatic rings. The number of para-hydroxylation sites is 1. The molecule has 4 rings (SSSR count). The van der Waals surface area contributed by atoms with Gasteiger partial charge in [-0.25, -0.2) is 4.98 Å². The van der Waals surface area contributed by atoms with E-state index in [1.807, 2.05) is 24.3 Å². The topological polar surface area (TPSA) is 101 Å². The largest absolute Gasteiger partial charge is 0.495 e. The van der Waals surface area contributed by atoms with Gasteiger partial charge in [0, 0.05) is 25.8 Å². The summed E-state index contributed by atoms with van der Waals surface area (Å²) < 4.78 is 11.0. The van der Waals surface area contributed by atoms with Crippen LogP contribution in [-0.2, 0) is 4.74 Å².